The SMILES string of the molecule is CCC(C)NC(=O)N(C(=N)OC)C(=O)NSC(C)CC. The van der Waals surface area contributed by atoms with Crippen molar-refractivity contribution in [3.05, 3.63) is 0 Å². The average Bonchev–Trinajstić information content (AvgIpc) is 2.44. The van der Waals surface area contributed by atoms with Gasteiger partial charge >= 0.3 is 18.1 Å². The lowest BCUT2D eigenvalue weighted by Crippen LogP contribution is -2.52. The molecule has 0 radical (unpaired) electrons. The van der Waals surface area contributed by atoms with Crippen molar-refractivity contribution in [2.24, 2.45) is 0 Å². The number of nitrogens with one attached hydrogen (secondary N) is 3. The number of methoxy groups -OCH3 is 1. The molecule has 3 N–H and O–H groups in total. The maximum absolute atomic E-state index is 12.0. The first kappa shape index (κ1) is 18.6. The van der Waals surface area contributed by atoms with Gasteiger partial charge in [0.1, 0.15) is 0 Å². The number of rotatable bonds is 5. The van der Waals surface area contributed by atoms with Gasteiger partial charge in [0.2, 0.25) is 0 Å². The van der Waals surface area contributed by atoms with Crippen LogP contribution in [0.4, 0.5) is 9.59 Å². The summed E-state index contributed by atoms with van der Waals surface area (Å²) in [7, 11) is 1.24. The Bertz CT molecular complexity index is 352. The van der Waals surface area contributed by atoms with Gasteiger partial charge in [-0.1, -0.05) is 20.8 Å². The van der Waals surface area contributed by atoms with Gasteiger partial charge in [-0.3, -0.25) is 10.1 Å². The zero-order valence-corrected chi connectivity index (χ0v) is 13.5. The molecule has 2 atom stereocenters. The highest BCUT2D eigenvalue weighted by Gasteiger charge is 2.28. The van der Waals surface area contributed by atoms with Crippen LogP contribution < -0.4 is 10.0 Å². The molecule has 0 heterocycles. The fraction of sp³-hybridized carbons (Fsp3) is 0.750. The summed E-state index contributed by atoms with van der Waals surface area (Å²) in [6, 6.07) is -1.98. The molecular weight excluding hydrogens is 280 g/mol. The van der Waals surface area contributed by atoms with Crippen LogP contribution >= 0.6 is 11.9 Å². The molecule has 8 heteroatoms. The summed E-state index contributed by atoms with van der Waals surface area (Å²) in [5.41, 5.74) is 0. The number of urea groups is 2. The zero-order valence-electron chi connectivity index (χ0n) is 12.6. The first-order valence-electron chi connectivity index (χ1n) is 6.56. The molecule has 0 fully saturated rings. The Kier molecular flexibility index (Phi) is 8.78. The molecule has 0 saturated heterocycles. The summed E-state index contributed by atoms with van der Waals surface area (Å²) in [5, 5.41) is 10.4. The molecule has 0 aliphatic heterocycles. The molecule has 0 aromatic carbocycles. The number of carbonyl (C=O) groups excluding carboxylic acids is 2. The first-order valence-corrected chi connectivity index (χ1v) is 7.44. The van der Waals surface area contributed by atoms with Crippen LogP contribution in [0, 0.1) is 5.41 Å². The third-order valence-electron chi connectivity index (χ3n) is 2.71. The van der Waals surface area contributed by atoms with Crippen molar-refractivity contribution in [1.29, 1.82) is 5.41 Å². The molecule has 0 aliphatic carbocycles. The second kappa shape index (κ2) is 9.46. The number of amidine groups is 1. The molecule has 7 nitrogen and oxygen atoms in total. The van der Waals surface area contributed by atoms with Gasteiger partial charge in [-0.15, -0.1) is 0 Å². The zero-order chi connectivity index (χ0) is 15.7. The van der Waals surface area contributed by atoms with E-state index >= 15 is 0 Å². The number of hydrogen-bond acceptors (Lipinski definition) is 5. The van der Waals surface area contributed by atoms with Crippen molar-refractivity contribution in [2.45, 2.75) is 51.8 Å². The van der Waals surface area contributed by atoms with E-state index in [1.165, 1.54) is 19.1 Å². The van der Waals surface area contributed by atoms with Crippen LogP contribution in [-0.4, -0.2) is 41.4 Å². The number of ether oxygens (including phenoxy) is 1. The van der Waals surface area contributed by atoms with Crippen LogP contribution in [0.1, 0.15) is 40.5 Å². The Balaban J connectivity index is 4.75. The lowest BCUT2D eigenvalue weighted by Gasteiger charge is -2.22. The quantitative estimate of drug-likeness (QED) is 0.413. The molecule has 0 aliphatic rings. The van der Waals surface area contributed by atoms with Crippen molar-refractivity contribution in [2.75, 3.05) is 7.11 Å². The molecule has 0 aromatic heterocycles. The van der Waals surface area contributed by atoms with Gasteiger partial charge in [-0.05, 0) is 31.7 Å². The van der Waals surface area contributed by atoms with Gasteiger partial charge in [0.25, 0.3) is 0 Å². The van der Waals surface area contributed by atoms with E-state index < -0.39 is 18.1 Å². The molecule has 116 valence electrons. The highest BCUT2D eigenvalue weighted by molar-refractivity contribution is 7.98. The maximum Gasteiger partial charge on any atom is 0.343 e. The first-order chi connectivity index (χ1) is 9.37. The Morgan fingerprint density at radius 3 is 2.30 bits per heavy atom. The average molecular weight is 304 g/mol. The van der Waals surface area contributed by atoms with Gasteiger partial charge in [0.15, 0.2) is 0 Å². The monoisotopic (exact) mass is 304 g/mol. The van der Waals surface area contributed by atoms with E-state index in [0.29, 0.717) is 4.90 Å². The third-order valence-corrected chi connectivity index (χ3v) is 3.74. The second-order valence-corrected chi connectivity index (χ2v) is 5.59. The lowest BCUT2D eigenvalue weighted by molar-refractivity contribution is 0.195. The summed E-state index contributed by atoms with van der Waals surface area (Å²) in [4.78, 5) is 24.6. The summed E-state index contributed by atoms with van der Waals surface area (Å²) >= 11 is 1.21. The molecule has 0 spiro atoms. The van der Waals surface area contributed by atoms with E-state index in [1.54, 1.807) is 0 Å². The van der Waals surface area contributed by atoms with Gasteiger partial charge in [0.05, 0.1) is 7.11 Å². The summed E-state index contributed by atoms with van der Waals surface area (Å²) in [5.74, 6) is 0. The van der Waals surface area contributed by atoms with E-state index in [2.05, 4.69) is 14.8 Å². The van der Waals surface area contributed by atoms with Gasteiger partial charge in [0, 0.05) is 11.3 Å². The maximum atomic E-state index is 12.0. The van der Waals surface area contributed by atoms with Crippen LogP contribution in [0.5, 0.6) is 0 Å². The van der Waals surface area contributed by atoms with Gasteiger partial charge < -0.3 is 10.1 Å². The molecule has 0 rings (SSSR count). The van der Waals surface area contributed by atoms with E-state index in [0.717, 1.165) is 12.8 Å². The van der Waals surface area contributed by atoms with E-state index in [-0.39, 0.29) is 11.3 Å². The summed E-state index contributed by atoms with van der Waals surface area (Å²) in [6.45, 7) is 7.68. The minimum absolute atomic E-state index is 0.0929. The number of hydrogen-bond donors (Lipinski definition) is 3. The normalized spacial score (nSPS) is 13.1. The highest BCUT2D eigenvalue weighted by Crippen LogP contribution is 2.10. The molecule has 20 heavy (non-hydrogen) atoms. The minimum Gasteiger partial charge on any atom is -0.468 e. The molecule has 2 unspecified atom stereocenters. The smallest absolute Gasteiger partial charge is 0.343 e. The standard InChI is InChI=1S/C12H24N4O3S/c1-6-8(3)14-11(17)16(10(13)19-5)12(18)15-20-9(4)7-2/h8-9,13H,6-7H2,1-5H3,(H,14,17)(H,15,18). The molecule has 0 aromatic rings. The largest absolute Gasteiger partial charge is 0.468 e. The van der Waals surface area contributed by atoms with Gasteiger partial charge in [-0.2, -0.15) is 4.90 Å². The van der Waals surface area contributed by atoms with Crippen molar-refractivity contribution in [3.8, 4) is 0 Å². The Morgan fingerprint density at radius 1 is 1.25 bits per heavy atom. The minimum atomic E-state index is -0.692. The van der Waals surface area contributed by atoms with Crippen LogP contribution in [0.25, 0.3) is 0 Å². The fourth-order valence-electron chi connectivity index (χ4n) is 1.03. The third kappa shape index (κ3) is 6.14. The van der Waals surface area contributed by atoms with Crippen LogP contribution in [0.3, 0.4) is 0 Å². The highest BCUT2D eigenvalue weighted by atomic mass is 32.2. The van der Waals surface area contributed by atoms with Crippen molar-refractivity contribution >= 4 is 30.0 Å². The van der Waals surface area contributed by atoms with Crippen LogP contribution in [0.2, 0.25) is 0 Å². The van der Waals surface area contributed by atoms with Crippen LogP contribution in [-0.2, 0) is 4.74 Å². The van der Waals surface area contributed by atoms with Crippen molar-refractivity contribution < 1.29 is 14.3 Å². The summed E-state index contributed by atoms with van der Waals surface area (Å²) < 4.78 is 7.22. The number of carbonyl (C=O) groups is 2. The van der Waals surface area contributed by atoms with Crippen molar-refractivity contribution in [3.63, 3.8) is 0 Å². The molecule has 0 bridgehead atoms. The Labute approximate surface area is 124 Å². The molecular formula is C12H24N4O3S. The Hall–Kier alpha value is -1.44. The van der Waals surface area contributed by atoms with Crippen molar-refractivity contribution in [1.82, 2.24) is 14.9 Å². The number of nitrogens with zero attached hydrogens (tertiary/aromatic N) is 1. The predicted octanol–water partition coefficient (Wildman–Crippen LogP) is 2.53. The summed E-state index contributed by atoms with van der Waals surface area (Å²) in [6.07, 6.45) is 1.61. The fourth-order valence-corrected chi connectivity index (χ4v) is 1.59. The predicted molar refractivity (Wildman–Crippen MR) is 80.7 cm³/mol. The van der Waals surface area contributed by atoms with E-state index in [4.69, 9.17) is 5.41 Å². The lowest BCUT2D eigenvalue weighted by atomic mass is 10.3. The number of imide groups is 1. The molecule has 0 saturated carbocycles. The number of amides is 4. The second-order valence-electron chi connectivity index (χ2n) is 4.35. The Morgan fingerprint density at radius 2 is 1.85 bits per heavy atom. The molecule has 4 amide bonds. The van der Waals surface area contributed by atoms with E-state index in [9.17, 15) is 9.59 Å². The van der Waals surface area contributed by atoms with Crippen LogP contribution in [0.15, 0.2) is 0 Å². The van der Waals surface area contributed by atoms with E-state index in [1.807, 2.05) is 27.7 Å². The topological polar surface area (TPSA) is 94.5 Å². The van der Waals surface area contributed by atoms with Gasteiger partial charge in [-0.25, -0.2) is 9.59 Å².